The molecule has 1 aromatic rings. The number of benzene rings is 1. The molecule has 0 aliphatic carbocycles. The molecule has 80 valence electrons. The van der Waals surface area contributed by atoms with Crippen LogP contribution in [0.1, 0.15) is 19.4 Å². The zero-order chi connectivity index (χ0) is 11.7. The van der Waals surface area contributed by atoms with Crippen molar-refractivity contribution < 1.29 is 4.74 Å². The topological polar surface area (TPSA) is 9.23 Å². The molecule has 1 heteroatoms. The quantitative estimate of drug-likeness (QED) is 0.660. The van der Waals surface area contributed by atoms with Crippen LogP contribution in [0.3, 0.4) is 0 Å². The van der Waals surface area contributed by atoms with Gasteiger partial charge in [-0.25, -0.2) is 0 Å². The normalized spacial score (nSPS) is 8.13. The first kappa shape index (κ1) is 13.2. The first-order valence-electron chi connectivity index (χ1n) is 4.72. The summed E-state index contributed by atoms with van der Waals surface area (Å²) in [6.45, 7) is 14.2. The van der Waals surface area contributed by atoms with Gasteiger partial charge in [-0.15, -0.1) is 0 Å². The average Bonchev–Trinajstić information content (AvgIpc) is 2.18. The van der Waals surface area contributed by atoms with Crippen LogP contribution in [0.25, 0.3) is 6.08 Å². The maximum Gasteiger partial charge on any atom is 0.0933 e. The molecule has 0 amide bonds. The van der Waals surface area contributed by atoms with E-state index in [2.05, 4.69) is 19.7 Å². The lowest BCUT2D eigenvalue weighted by Gasteiger charge is -1.99. The Hall–Kier alpha value is -1.76. The number of hydrogen-bond acceptors (Lipinski definition) is 1. The fraction of sp³-hybridized carbons (Fsp3) is 0.143. The highest BCUT2D eigenvalue weighted by atomic mass is 16.5. The van der Waals surface area contributed by atoms with Crippen molar-refractivity contribution in [2.45, 2.75) is 13.8 Å². The van der Waals surface area contributed by atoms with Gasteiger partial charge >= 0.3 is 0 Å². The summed E-state index contributed by atoms with van der Waals surface area (Å²) in [5, 5.41) is 0. The summed E-state index contributed by atoms with van der Waals surface area (Å²) in [4.78, 5) is 0. The van der Waals surface area contributed by atoms with Crippen molar-refractivity contribution in [3.8, 4) is 0 Å². The Labute approximate surface area is 92.4 Å². The molecular weight excluding hydrogens is 184 g/mol. The van der Waals surface area contributed by atoms with Gasteiger partial charge in [-0.1, -0.05) is 56.1 Å². The Bertz CT molecular complexity index is 310. The van der Waals surface area contributed by atoms with Crippen LogP contribution in [0.2, 0.25) is 0 Å². The molecule has 0 atom stereocenters. The Morgan fingerprint density at radius 1 is 1.07 bits per heavy atom. The largest absolute Gasteiger partial charge is 0.468 e. The van der Waals surface area contributed by atoms with Gasteiger partial charge in [0.1, 0.15) is 0 Å². The lowest BCUT2D eigenvalue weighted by Crippen LogP contribution is -1.78. The van der Waals surface area contributed by atoms with Crippen LogP contribution in [0.5, 0.6) is 0 Å². The van der Waals surface area contributed by atoms with Crippen LogP contribution in [0.15, 0.2) is 61.6 Å². The van der Waals surface area contributed by atoms with Gasteiger partial charge in [-0.3, -0.25) is 0 Å². The summed E-state index contributed by atoms with van der Waals surface area (Å²) in [6.07, 6.45) is 1.83. The Balaban J connectivity index is 0.000000265. The highest BCUT2D eigenvalue weighted by Gasteiger charge is 1.80. The molecule has 0 aliphatic rings. The lowest BCUT2D eigenvalue weighted by molar-refractivity contribution is 0.313. The van der Waals surface area contributed by atoms with Crippen LogP contribution in [0, 0.1) is 0 Å². The third kappa shape index (κ3) is 8.57. The van der Waals surface area contributed by atoms with Crippen molar-refractivity contribution in [1.82, 2.24) is 0 Å². The molecule has 0 heterocycles. The lowest BCUT2D eigenvalue weighted by atomic mass is 10.2. The smallest absolute Gasteiger partial charge is 0.0933 e. The third-order valence-corrected chi connectivity index (χ3v) is 1.38. The summed E-state index contributed by atoms with van der Waals surface area (Å²) >= 11 is 0. The second-order valence-electron chi connectivity index (χ2n) is 3.12. The van der Waals surface area contributed by atoms with E-state index in [-0.39, 0.29) is 0 Å². The fourth-order valence-electron chi connectivity index (χ4n) is 0.887. The van der Waals surface area contributed by atoms with Crippen LogP contribution < -0.4 is 0 Å². The van der Waals surface area contributed by atoms with E-state index in [4.69, 9.17) is 4.74 Å². The van der Waals surface area contributed by atoms with E-state index in [1.54, 1.807) is 13.8 Å². The highest BCUT2D eigenvalue weighted by Crippen LogP contribution is 1.98. The molecule has 0 aliphatic heterocycles. The van der Waals surface area contributed by atoms with Crippen molar-refractivity contribution in [1.29, 1.82) is 0 Å². The zero-order valence-electron chi connectivity index (χ0n) is 9.49. The minimum Gasteiger partial charge on any atom is -0.468 e. The fourth-order valence-corrected chi connectivity index (χ4v) is 0.887. The summed E-state index contributed by atoms with van der Waals surface area (Å²) in [5.41, 5.74) is 1.17. The Morgan fingerprint density at radius 2 is 1.53 bits per heavy atom. The highest BCUT2D eigenvalue weighted by molar-refractivity contribution is 5.45. The summed E-state index contributed by atoms with van der Waals surface area (Å²) < 4.78 is 4.86. The molecule has 1 rings (SSSR count). The molecule has 0 fully saturated rings. The minimum absolute atomic E-state index is 0.688. The van der Waals surface area contributed by atoms with E-state index in [9.17, 15) is 0 Å². The van der Waals surface area contributed by atoms with Crippen LogP contribution in [-0.4, -0.2) is 0 Å². The van der Waals surface area contributed by atoms with Gasteiger partial charge < -0.3 is 4.74 Å². The number of ether oxygens (including phenoxy) is 1. The molecule has 0 spiro atoms. The Kier molecular flexibility index (Phi) is 6.73. The standard InChI is InChI=1S/C8H8.C6H10O/c1-2-8-6-4-3-5-7-8;1-5(2)7-6(3)4/h2-7H,1H2;1,3H2,2,4H3. The van der Waals surface area contributed by atoms with Crippen molar-refractivity contribution in [2.75, 3.05) is 0 Å². The van der Waals surface area contributed by atoms with Crippen molar-refractivity contribution >= 4 is 6.08 Å². The second-order valence-corrected chi connectivity index (χ2v) is 3.12. The predicted molar refractivity (Wildman–Crippen MR) is 67.2 cm³/mol. The van der Waals surface area contributed by atoms with E-state index < -0.39 is 0 Å². The van der Waals surface area contributed by atoms with Gasteiger partial charge in [-0.2, -0.15) is 0 Å². The first-order valence-corrected chi connectivity index (χ1v) is 4.72. The van der Waals surface area contributed by atoms with Gasteiger partial charge in [0.2, 0.25) is 0 Å². The van der Waals surface area contributed by atoms with Crippen molar-refractivity contribution in [3.05, 3.63) is 67.2 Å². The van der Waals surface area contributed by atoms with E-state index in [1.165, 1.54) is 5.56 Å². The minimum atomic E-state index is 0.688. The molecule has 0 saturated carbocycles. The van der Waals surface area contributed by atoms with Gasteiger partial charge in [0, 0.05) is 0 Å². The third-order valence-electron chi connectivity index (χ3n) is 1.38. The summed E-state index contributed by atoms with van der Waals surface area (Å²) in [5.74, 6) is 1.38. The molecule has 1 nitrogen and oxygen atoms in total. The van der Waals surface area contributed by atoms with Crippen molar-refractivity contribution in [2.24, 2.45) is 0 Å². The van der Waals surface area contributed by atoms with Crippen LogP contribution in [0.4, 0.5) is 0 Å². The predicted octanol–water partition coefficient (Wildman–Crippen LogP) is 4.40. The van der Waals surface area contributed by atoms with Gasteiger partial charge in [0.05, 0.1) is 11.5 Å². The molecule has 0 saturated heterocycles. The van der Waals surface area contributed by atoms with Crippen molar-refractivity contribution in [3.63, 3.8) is 0 Å². The number of rotatable bonds is 3. The van der Waals surface area contributed by atoms with Crippen LogP contribution in [-0.2, 0) is 4.74 Å². The van der Waals surface area contributed by atoms with E-state index in [0.29, 0.717) is 11.5 Å². The van der Waals surface area contributed by atoms with Gasteiger partial charge in [0.25, 0.3) is 0 Å². The van der Waals surface area contributed by atoms with Crippen LogP contribution >= 0.6 is 0 Å². The zero-order valence-corrected chi connectivity index (χ0v) is 9.49. The first-order chi connectivity index (χ1) is 7.06. The average molecular weight is 202 g/mol. The molecule has 15 heavy (non-hydrogen) atoms. The second kappa shape index (κ2) is 7.63. The molecule has 0 radical (unpaired) electrons. The molecule has 1 aromatic carbocycles. The molecule has 0 N–H and O–H groups in total. The van der Waals surface area contributed by atoms with E-state index >= 15 is 0 Å². The molecule has 0 bridgehead atoms. The van der Waals surface area contributed by atoms with E-state index in [1.807, 2.05) is 36.4 Å². The van der Waals surface area contributed by atoms with Gasteiger partial charge in [-0.05, 0) is 19.4 Å². The maximum absolute atomic E-state index is 4.86. The Morgan fingerprint density at radius 3 is 1.73 bits per heavy atom. The maximum atomic E-state index is 4.86. The summed E-state index contributed by atoms with van der Waals surface area (Å²) in [6, 6.07) is 10.0. The van der Waals surface area contributed by atoms with Gasteiger partial charge in [0.15, 0.2) is 0 Å². The molecular formula is C14H18O. The monoisotopic (exact) mass is 202 g/mol. The molecule has 0 aromatic heterocycles. The SMILES string of the molecule is C=C(C)OC(=C)C.C=Cc1ccccc1. The number of hydrogen-bond donors (Lipinski definition) is 0. The summed E-state index contributed by atoms with van der Waals surface area (Å²) in [7, 11) is 0. The molecule has 0 unspecified atom stereocenters. The van der Waals surface area contributed by atoms with E-state index in [0.717, 1.165) is 0 Å². The number of allylic oxidation sites excluding steroid dienone is 2.